The summed E-state index contributed by atoms with van der Waals surface area (Å²) in [5.41, 5.74) is 4.30. The van der Waals surface area contributed by atoms with E-state index >= 15 is 0 Å². The Hall–Kier alpha value is -3.16. The normalized spacial score (nSPS) is 11.4. The Morgan fingerprint density at radius 1 is 0.909 bits per heavy atom. The summed E-state index contributed by atoms with van der Waals surface area (Å²) in [6.45, 7) is 8.41. The van der Waals surface area contributed by atoms with Crippen LogP contribution < -0.4 is 10.0 Å². The van der Waals surface area contributed by atoms with E-state index in [4.69, 9.17) is 4.74 Å². The first-order valence-electron chi connectivity index (χ1n) is 10.8. The van der Waals surface area contributed by atoms with Gasteiger partial charge in [-0.15, -0.1) is 0 Å². The molecule has 0 aliphatic heterocycles. The highest BCUT2D eigenvalue weighted by Crippen LogP contribution is 2.21. The van der Waals surface area contributed by atoms with Crippen LogP contribution in [-0.4, -0.2) is 20.4 Å². The average molecular weight is 467 g/mol. The number of ether oxygens (including phenoxy) is 1. The lowest BCUT2D eigenvalue weighted by Crippen LogP contribution is -2.24. The maximum Gasteiger partial charge on any atom is 0.261 e. The molecule has 0 fully saturated rings. The summed E-state index contributed by atoms with van der Waals surface area (Å²) in [7, 11) is -3.84. The van der Waals surface area contributed by atoms with Crippen molar-refractivity contribution in [2.24, 2.45) is 0 Å². The summed E-state index contributed by atoms with van der Waals surface area (Å²) < 4.78 is 34.1. The summed E-state index contributed by atoms with van der Waals surface area (Å²) in [5.74, 6) is -0.329. The third-order valence-electron chi connectivity index (χ3n) is 5.18. The van der Waals surface area contributed by atoms with Crippen molar-refractivity contribution in [3.8, 4) is 0 Å². The number of carbonyl (C=O) groups is 1. The van der Waals surface area contributed by atoms with Gasteiger partial charge in [-0.2, -0.15) is 0 Å². The van der Waals surface area contributed by atoms with Crippen molar-refractivity contribution in [2.75, 3.05) is 4.72 Å². The van der Waals surface area contributed by atoms with Crippen LogP contribution in [0.5, 0.6) is 0 Å². The molecule has 0 bridgehead atoms. The molecule has 0 radical (unpaired) electrons. The third-order valence-corrected chi connectivity index (χ3v) is 6.54. The second kappa shape index (κ2) is 10.6. The fourth-order valence-electron chi connectivity index (χ4n) is 3.27. The summed E-state index contributed by atoms with van der Waals surface area (Å²) in [6, 6.07) is 19.5. The third kappa shape index (κ3) is 6.66. The van der Waals surface area contributed by atoms with Crippen molar-refractivity contribution < 1.29 is 17.9 Å². The Balaban J connectivity index is 1.73. The van der Waals surface area contributed by atoms with Crippen LogP contribution in [0.1, 0.15) is 46.5 Å². The highest BCUT2D eigenvalue weighted by molar-refractivity contribution is 7.92. The number of nitrogens with one attached hydrogen (secondary N) is 2. The maximum absolute atomic E-state index is 12.9. The summed E-state index contributed by atoms with van der Waals surface area (Å²) in [4.78, 5) is 12.9. The van der Waals surface area contributed by atoms with Crippen molar-refractivity contribution in [3.05, 3.63) is 94.5 Å². The first kappa shape index (κ1) is 24.5. The van der Waals surface area contributed by atoms with E-state index in [2.05, 4.69) is 10.0 Å². The van der Waals surface area contributed by atoms with Crippen molar-refractivity contribution in [1.82, 2.24) is 5.32 Å². The maximum atomic E-state index is 12.9. The van der Waals surface area contributed by atoms with Gasteiger partial charge in [0.1, 0.15) is 0 Å². The van der Waals surface area contributed by atoms with Gasteiger partial charge in [-0.3, -0.25) is 9.52 Å². The second-order valence-electron chi connectivity index (χ2n) is 8.26. The Morgan fingerprint density at radius 2 is 1.64 bits per heavy atom. The number of hydrogen-bond acceptors (Lipinski definition) is 4. The number of benzene rings is 3. The fraction of sp³-hybridized carbons (Fsp3) is 0.269. The van der Waals surface area contributed by atoms with Gasteiger partial charge in [0.25, 0.3) is 15.9 Å². The Bertz CT molecular complexity index is 1240. The highest BCUT2D eigenvalue weighted by Gasteiger charge is 2.19. The van der Waals surface area contributed by atoms with Crippen molar-refractivity contribution in [3.63, 3.8) is 0 Å². The van der Waals surface area contributed by atoms with Gasteiger partial charge in [-0.1, -0.05) is 48.5 Å². The molecule has 3 aromatic carbocycles. The van der Waals surface area contributed by atoms with Crippen molar-refractivity contribution in [2.45, 2.75) is 51.8 Å². The van der Waals surface area contributed by atoms with E-state index in [9.17, 15) is 13.2 Å². The smallest absolute Gasteiger partial charge is 0.261 e. The molecule has 0 atom stereocenters. The van der Waals surface area contributed by atoms with Gasteiger partial charge in [0.2, 0.25) is 0 Å². The lowest BCUT2D eigenvalue weighted by atomic mass is 10.1. The zero-order valence-corrected chi connectivity index (χ0v) is 20.2. The number of para-hydroxylation sites is 1. The molecule has 0 unspecified atom stereocenters. The molecule has 1 amide bonds. The Kier molecular flexibility index (Phi) is 7.89. The van der Waals surface area contributed by atoms with E-state index in [0.29, 0.717) is 30.0 Å². The molecule has 0 aliphatic rings. The predicted octanol–water partition coefficient (Wildman–Crippen LogP) is 4.96. The van der Waals surface area contributed by atoms with E-state index in [1.54, 1.807) is 25.1 Å². The van der Waals surface area contributed by atoms with Crippen LogP contribution in [-0.2, 0) is 27.9 Å². The lowest BCUT2D eigenvalue weighted by Gasteiger charge is -2.13. The first-order valence-corrected chi connectivity index (χ1v) is 12.3. The van der Waals surface area contributed by atoms with E-state index < -0.39 is 10.0 Å². The Morgan fingerprint density at radius 3 is 2.36 bits per heavy atom. The quantitative estimate of drug-likeness (QED) is 0.467. The monoisotopic (exact) mass is 466 g/mol. The lowest BCUT2D eigenvalue weighted by molar-refractivity contribution is 0.0657. The minimum Gasteiger partial charge on any atom is -0.374 e. The number of sulfonamides is 1. The zero-order chi connectivity index (χ0) is 24.0. The topological polar surface area (TPSA) is 84.5 Å². The van der Waals surface area contributed by atoms with Gasteiger partial charge in [0, 0.05) is 12.1 Å². The number of carbonyl (C=O) groups excluding carboxylic acids is 1. The largest absolute Gasteiger partial charge is 0.374 e. The first-order chi connectivity index (χ1) is 15.7. The number of rotatable bonds is 9. The molecule has 2 N–H and O–H groups in total. The molecular formula is C26H30N2O4S. The molecule has 33 heavy (non-hydrogen) atoms. The number of hydrogen-bond donors (Lipinski definition) is 2. The number of aryl methyl sites for hydroxylation is 2. The van der Waals surface area contributed by atoms with Crippen LogP contribution in [0, 0.1) is 13.8 Å². The average Bonchev–Trinajstić information content (AvgIpc) is 2.78. The molecule has 3 aromatic rings. The molecule has 3 rings (SSSR count). The van der Waals surface area contributed by atoms with E-state index in [-0.39, 0.29) is 16.9 Å². The molecule has 0 heterocycles. The van der Waals surface area contributed by atoms with Gasteiger partial charge in [0.15, 0.2) is 0 Å². The number of anilines is 1. The highest BCUT2D eigenvalue weighted by atomic mass is 32.2. The van der Waals surface area contributed by atoms with E-state index in [1.807, 2.05) is 57.2 Å². The zero-order valence-electron chi connectivity index (χ0n) is 19.4. The molecule has 6 nitrogen and oxygen atoms in total. The van der Waals surface area contributed by atoms with E-state index in [1.165, 1.54) is 12.1 Å². The van der Waals surface area contributed by atoms with Crippen molar-refractivity contribution >= 4 is 21.6 Å². The van der Waals surface area contributed by atoms with E-state index in [0.717, 1.165) is 16.7 Å². The standard InChI is InChI=1S/C26H30N2O4S/c1-18(2)32-17-22-10-7-9-21(14-22)16-27-26(29)24-15-23(13-12-19(24)3)33(30,31)28-25-11-6-5-8-20(25)4/h5-15,18,28H,16-17H2,1-4H3,(H,27,29). The van der Waals surface area contributed by atoms with Crippen molar-refractivity contribution in [1.29, 1.82) is 0 Å². The fourth-order valence-corrected chi connectivity index (χ4v) is 4.43. The molecule has 174 valence electrons. The number of amides is 1. The van der Waals surface area contributed by atoms with Gasteiger partial charge in [-0.25, -0.2) is 8.42 Å². The minimum atomic E-state index is -3.84. The van der Waals surface area contributed by atoms with Crippen LogP contribution >= 0.6 is 0 Å². The summed E-state index contributed by atoms with van der Waals surface area (Å²) in [6.07, 6.45) is 0.139. The SMILES string of the molecule is Cc1ccccc1NS(=O)(=O)c1ccc(C)c(C(=O)NCc2cccc(COC(C)C)c2)c1. The molecule has 0 spiro atoms. The van der Waals surface area contributed by atoms with Gasteiger partial charge >= 0.3 is 0 Å². The van der Waals surface area contributed by atoms with Gasteiger partial charge in [0.05, 0.1) is 23.3 Å². The second-order valence-corrected chi connectivity index (χ2v) is 9.94. The molecule has 0 saturated heterocycles. The van der Waals surface area contributed by atoms with Gasteiger partial charge in [-0.05, 0) is 68.1 Å². The summed E-state index contributed by atoms with van der Waals surface area (Å²) >= 11 is 0. The van der Waals surface area contributed by atoms with Gasteiger partial charge < -0.3 is 10.1 Å². The van der Waals surface area contributed by atoms with Crippen LogP contribution in [0.3, 0.4) is 0 Å². The molecule has 7 heteroatoms. The Labute approximate surface area is 196 Å². The predicted molar refractivity (Wildman–Crippen MR) is 131 cm³/mol. The minimum absolute atomic E-state index is 0.0364. The summed E-state index contributed by atoms with van der Waals surface area (Å²) in [5, 5.41) is 2.89. The molecule has 0 saturated carbocycles. The van der Waals surface area contributed by atoms with Crippen LogP contribution in [0.25, 0.3) is 0 Å². The van der Waals surface area contributed by atoms with Crippen LogP contribution in [0.15, 0.2) is 71.6 Å². The molecule has 0 aliphatic carbocycles. The van der Waals surface area contributed by atoms with Crippen LogP contribution in [0.4, 0.5) is 5.69 Å². The molecule has 0 aromatic heterocycles. The van der Waals surface area contributed by atoms with Crippen LogP contribution in [0.2, 0.25) is 0 Å². The molecular weight excluding hydrogens is 436 g/mol.